The van der Waals surface area contributed by atoms with Gasteiger partial charge in [0.25, 0.3) is 8.32 Å². The molecule has 0 unspecified atom stereocenters. The lowest BCUT2D eigenvalue weighted by Crippen LogP contribution is -2.50. The Kier molecular flexibility index (Phi) is 6.73. The molecule has 1 rings (SSSR count). The second-order valence-electron chi connectivity index (χ2n) is 6.62. The van der Waals surface area contributed by atoms with E-state index in [9.17, 15) is 0 Å². The molecule has 1 aromatic rings. The molecule has 21 heavy (non-hydrogen) atoms. The first-order chi connectivity index (χ1) is 9.79. The van der Waals surface area contributed by atoms with Gasteiger partial charge in [0.05, 0.1) is 0 Å². The Morgan fingerprint density at radius 3 is 2.00 bits per heavy atom. The van der Waals surface area contributed by atoms with Gasteiger partial charge in [0.15, 0.2) is 0 Å². The minimum Gasteiger partial charge on any atom is -0.543 e. The monoisotopic (exact) mass is 368 g/mol. The van der Waals surface area contributed by atoms with Crippen molar-refractivity contribution in [3.8, 4) is 5.75 Å². The maximum atomic E-state index is 6.71. The molecular weight excluding hydrogens is 340 g/mol. The third-order valence-corrected chi connectivity index (χ3v) is 11.1. The van der Waals surface area contributed by atoms with E-state index in [1.165, 1.54) is 11.1 Å². The number of halogens is 1. The highest BCUT2D eigenvalue weighted by atomic mass is 79.9. The third-order valence-electron chi connectivity index (χ3n) is 4.48. The van der Waals surface area contributed by atoms with Crippen molar-refractivity contribution < 1.29 is 4.43 Å². The largest absolute Gasteiger partial charge is 0.543 e. The molecular formula is C18H29BrOSi. The molecule has 0 fully saturated rings. The van der Waals surface area contributed by atoms with Gasteiger partial charge in [0.2, 0.25) is 0 Å². The molecule has 0 amide bonds. The standard InChI is InChI=1S/C18H29BrOSi/c1-8-16-9-10-18(11-17(16)12-19)20-21(13(2)3,14(4)5)15(6)7/h8-11,13-15H,1,12H2,2-7H3. The first-order valence-electron chi connectivity index (χ1n) is 7.79. The zero-order valence-electron chi connectivity index (χ0n) is 14.2. The van der Waals surface area contributed by atoms with Crippen LogP contribution in [-0.2, 0) is 5.33 Å². The number of alkyl halides is 1. The number of hydrogen-bond acceptors (Lipinski definition) is 1. The van der Waals surface area contributed by atoms with Crippen LogP contribution in [0.25, 0.3) is 6.08 Å². The van der Waals surface area contributed by atoms with Crippen molar-refractivity contribution in [2.45, 2.75) is 63.5 Å². The first kappa shape index (κ1) is 18.5. The van der Waals surface area contributed by atoms with Crippen LogP contribution in [-0.4, -0.2) is 8.32 Å². The van der Waals surface area contributed by atoms with Crippen LogP contribution < -0.4 is 4.43 Å². The van der Waals surface area contributed by atoms with Crippen LogP contribution in [0.4, 0.5) is 0 Å². The fourth-order valence-corrected chi connectivity index (χ4v) is 9.25. The van der Waals surface area contributed by atoms with Crippen LogP contribution in [0.15, 0.2) is 24.8 Å². The van der Waals surface area contributed by atoms with Crippen LogP contribution >= 0.6 is 15.9 Å². The van der Waals surface area contributed by atoms with Crippen molar-refractivity contribution in [2.24, 2.45) is 0 Å². The van der Waals surface area contributed by atoms with Crippen molar-refractivity contribution in [3.63, 3.8) is 0 Å². The lowest BCUT2D eigenvalue weighted by atomic mass is 10.1. The number of benzene rings is 1. The van der Waals surface area contributed by atoms with Gasteiger partial charge < -0.3 is 4.43 Å². The lowest BCUT2D eigenvalue weighted by molar-refractivity contribution is 0.479. The summed E-state index contributed by atoms with van der Waals surface area (Å²) in [5.74, 6) is 1.01. The summed E-state index contributed by atoms with van der Waals surface area (Å²) in [6, 6.07) is 6.37. The van der Waals surface area contributed by atoms with E-state index in [0.717, 1.165) is 11.1 Å². The Hall–Kier alpha value is -0.543. The molecule has 1 aromatic carbocycles. The average Bonchev–Trinajstić information content (AvgIpc) is 2.43. The van der Waals surface area contributed by atoms with Crippen molar-refractivity contribution >= 4 is 30.3 Å². The maximum Gasteiger partial charge on any atom is 0.258 e. The van der Waals surface area contributed by atoms with Gasteiger partial charge in [-0.2, -0.15) is 0 Å². The molecule has 0 radical (unpaired) electrons. The average molecular weight is 369 g/mol. The first-order valence-corrected chi connectivity index (χ1v) is 11.1. The summed E-state index contributed by atoms with van der Waals surface area (Å²) >= 11 is 3.56. The van der Waals surface area contributed by atoms with Crippen LogP contribution in [0.3, 0.4) is 0 Å². The Balaban J connectivity index is 3.24. The molecule has 0 saturated carbocycles. The Morgan fingerprint density at radius 1 is 1.10 bits per heavy atom. The summed E-state index contributed by atoms with van der Waals surface area (Å²) in [5, 5.41) is 0.825. The summed E-state index contributed by atoms with van der Waals surface area (Å²) in [4.78, 5) is 0. The molecule has 0 aromatic heterocycles. The molecule has 0 aliphatic heterocycles. The van der Waals surface area contributed by atoms with Gasteiger partial charge in [0, 0.05) is 5.33 Å². The van der Waals surface area contributed by atoms with E-state index in [4.69, 9.17) is 4.43 Å². The molecule has 0 spiro atoms. The predicted molar refractivity (Wildman–Crippen MR) is 101 cm³/mol. The fraction of sp³-hybridized carbons (Fsp3) is 0.556. The van der Waals surface area contributed by atoms with Gasteiger partial charge in [-0.1, -0.05) is 76.2 Å². The summed E-state index contributed by atoms with van der Waals surface area (Å²) in [7, 11) is -1.87. The van der Waals surface area contributed by atoms with Crippen molar-refractivity contribution in [2.75, 3.05) is 0 Å². The smallest absolute Gasteiger partial charge is 0.258 e. The fourth-order valence-electron chi connectivity index (χ4n) is 3.52. The summed E-state index contributed by atoms with van der Waals surface area (Å²) < 4.78 is 6.71. The van der Waals surface area contributed by atoms with Crippen LogP contribution in [0.5, 0.6) is 5.75 Å². The van der Waals surface area contributed by atoms with Gasteiger partial charge in [-0.3, -0.25) is 0 Å². The van der Waals surface area contributed by atoms with Crippen molar-refractivity contribution in [1.29, 1.82) is 0 Å². The normalized spacial score (nSPS) is 12.3. The third kappa shape index (κ3) is 3.81. The Labute approximate surface area is 140 Å². The zero-order valence-corrected chi connectivity index (χ0v) is 16.8. The topological polar surface area (TPSA) is 9.23 Å². The van der Waals surface area contributed by atoms with Crippen LogP contribution in [0, 0.1) is 0 Å². The van der Waals surface area contributed by atoms with E-state index >= 15 is 0 Å². The maximum absolute atomic E-state index is 6.71. The quantitative estimate of drug-likeness (QED) is 0.380. The van der Waals surface area contributed by atoms with Gasteiger partial charge >= 0.3 is 0 Å². The Morgan fingerprint density at radius 2 is 1.62 bits per heavy atom. The highest BCUT2D eigenvalue weighted by Crippen LogP contribution is 2.43. The zero-order chi connectivity index (χ0) is 16.2. The molecule has 1 nitrogen and oxygen atoms in total. The molecule has 0 saturated heterocycles. The molecule has 3 heteroatoms. The number of rotatable bonds is 7. The molecule has 0 N–H and O–H groups in total. The van der Waals surface area contributed by atoms with Gasteiger partial charge in [0.1, 0.15) is 5.75 Å². The van der Waals surface area contributed by atoms with E-state index in [1.54, 1.807) is 0 Å². The van der Waals surface area contributed by atoms with Gasteiger partial charge in [-0.25, -0.2) is 0 Å². The van der Waals surface area contributed by atoms with Gasteiger partial charge in [-0.15, -0.1) is 0 Å². The molecule has 0 heterocycles. The second kappa shape index (κ2) is 7.64. The van der Waals surface area contributed by atoms with Crippen molar-refractivity contribution in [3.05, 3.63) is 35.9 Å². The van der Waals surface area contributed by atoms with E-state index in [-0.39, 0.29) is 0 Å². The molecule has 0 aliphatic carbocycles. The SMILES string of the molecule is C=Cc1ccc(O[Si](C(C)C)(C(C)C)C(C)C)cc1CBr. The minimum absolute atomic E-state index is 0.587. The van der Waals surface area contributed by atoms with Gasteiger partial charge in [-0.05, 0) is 39.9 Å². The summed E-state index contributed by atoms with van der Waals surface area (Å²) in [6.45, 7) is 17.8. The van der Waals surface area contributed by atoms with Crippen LogP contribution in [0.1, 0.15) is 52.7 Å². The summed E-state index contributed by atoms with van der Waals surface area (Å²) in [6.07, 6.45) is 1.90. The van der Waals surface area contributed by atoms with E-state index in [1.807, 2.05) is 6.08 Å². The highest BCUT2D eigenvalue weighted by Gasteiger charge is 2.46. The predicted octanol–water partition coefficient (Wildman–Crippen LogP) is 6.78. The molecule has 0 aliphatic rings. The second-order valence-corrected chi connectivity index (χ2v) is 12.6. The molecule has 118 valence electrons. The lowest BCUT2D eigenvalue weighted by Gasteiger charge is -2.42. The Bertz CT molecular complexity index is 458. The number of hydrogen-bond donors (Lipinski definition) is 0. The van der Waals surface area contributed by atoms with E-state index < -0.39 is 8.32 Å². The molecule has 0 bridgehead atoms. The van der Waals surface area contributed by atoms with Crippen molar-refractivity contribution in [1.82, 2.24) is 0 Å². The minimum atomic E-state index is -1.87. The summed E-state index contributed by atoms with van der Waals surface area (Å²) in [5.41, 5.74) is 4.17. The van der Waals surface area contributed by atoms with E-state index in [2.05, 4.69) is 82.3 Å². The molecule has 0 atom stereocenters. The van der Waals surface area contributed by atoms with E-state index in [0.29, 0.717) is 16.6 Å². The van der Waals surface area contributed by atoms with Crippen LogP contribution in [0.2, 0.25) is 16.6 Å². The highest BCUT2D eigenvalue weighted by molar-refractivity contribution is 9.08.